The molecule has 2 aliphatic heterocycles. The van der Waals surface area contributed by atoms with Crippen molar-refractivity contribution >= 4 is 45.4 Å². The summed E-state index contributed by atoms with van der Waals surface area (Å²) >= 11 is 0. The van der Waals surface area contributed by atoms with Gasteiger partial charge in [0.05, 0.1) is 5.30 Å². The van der Waals surface area contributed by atoms with Crippen molar-refractivity contribution in [2.75, 3.05) is 0 Å². The fourth-order valence-electron chi connectivity index (χ4n) is 4.51. The van der Waals surface area contributed by atoms with E-state index in [0.717, 1.165) is 39.2 Å². The quantitative estimate of drug-likeness (QED) is 0.297. The lowest BCUT2D eigenvalue weighted by atomic mass is 10.1. The Morgan fingerprint density at radius 1 is 0.517 bits per heavy atom. The molecule has 7 rings (SSSR count). The van der Waals surface area contributed by atoms with Gasteiger partial charge in [0, 0.05) is 29.3 Å². The van der Waals surface area contributed by atoms with Gasteiger partial charge >= 0.3 is 0 Å². The first kappa shape index (κ1) is 15.6. The molecule has 1 atom stereocenters. The van der Waals surface area contributed by atoms with Crippen molar-refractivity contribution in [3.05, 3.63) is 91.0 Å². The van der Waals surface area contributed by atoms with Crippen LogP contribution in [-0.4, -0.2) is 0 Å². The predicted molar refractivity (Wildman–Crippen MR) is 120 cm³/mol. The van der Waals surface area contributed by atoms with Gasteiger partial charge < -0.3 is 9.47 Å². The van der Waals surface area contributed by atoms with Gasteiger partial charge in [-0.15, -0.1) is 0 Å². The zero-order chi connectivity index (χ0) is 18.9. The molecule has 0 aromatic heterocycles. The van der Waals surface area contributed by atoms with E-state index in [4.69, 9.17) is 9.47 Å². The van der Waals surface area contributed by atoms with E-state index in [1.165, 1.54) is 21.3 Å². The maximum Gasteiger partial charge on any atom is 0.147 e. The first-order valence-electron chi connectivity index (χ1n) is 9.71. The fraction of sp³-hybridized carbons (Fsp3) is 0. The van der Waals surface area contributed by atoms with E-state index in [0.29, 0.717) is 0 Å². The van der Waals surface area contributed by atoms with Gasteiger partial charge in [0.2, 0.25) is 0 Å². The average molecular weight is 390 g/mol. The molecule has 0 aliphatic carbocycles. The monoisotopic (exact) mass is 390 g/mol. The van der Waals surface area contributed by atoms with E-state index in [1.807, 2.05) is 6.07 Å². The van der Waals surface area contributed by atoms with E-state index in [9.17, 15) is 0 Å². The van der Waals surface area contributed by atoms with Crippen LogP contribution in [0.5, 0.6) is 23.0 Å². The standard InChI is InChI=1S/C26H15O2P/c1-3-9-18-16(7-1)13-14-23-24(18)28-21-15-17-8-2-4-10-19(17)25-26(21)29(23)22-12-6-5-11-20(22)27-25/h1-15H. The molecule has 0 bridgehead atoms. The second kappa shape index (κ2) is 5.59. The molecule has 136 valence electrons. The summed E-state index contributed by atoms with van der Waals surface area (Å²) in [5.74, 6) is 3.80. The predicted octanol–water partition coefficient (Wildman–Crippen LogP) is 5.96. The van der Waals surface area contributed by atoms with Crippen LogP contribution >= 0.6 is 7.92 Å². The number of benzene rings is 5. The van der Waals surface area contributed by atoms with E-state index in [1.54, 1.807) is 0 Å². The lowest BCUT2D eigenvalue weighted by molar-refractivity contribution is 0.473. The molecular formula is C26H15O2P. The van der Waals surface area contributed by atoms with Crippen LogP contribution in [0, 0.1) is 0 Å². The topological polar surface area (TPSA) is 18.5 Å². The highest BCUT2D eigenvalue weighted by Crippen LogP contribution is 2.55. The number of hydrogen-bond donors (Lipinski definition) is 0. The molecule has 5 aromatic carbocycles. The molecule has 0 radical (unpaired) electrons. The molecule has 2 heterocycles. The second-order valence-corrected chi connectivity index (χ2v) is 9.50. The van der Waals surface area contributed by atoms with Crippen LogP contribution in [0.15, 0.2) is 91.0 Å². The van der Waals surface area contributed by atoms with Crippen molar-refractivity contribution in [3.63, 3.8) is 0 Å². The van der Waals surface area contributed by atoms with Crippen LogP contribution in [0.25, 0.3) is 21.5 Å². The second-order valence-electron chi connectivity index (χ2n) is 7.42. The Kier molecular flexibility index (Phi) is 3.00. The van der Waals surface area contributed by atoms with Gasteiger partial charge in [-0.3, -0.25) is 0 Å². The largest absolute Gasteiger partial charge is 0.455 e. The van der Waals surface area contributed by atoms with Crippen LogP contribution in [0.1, 0.15) is 0 Å². The van der Waals surface area contributed by atoms with Crippen LogP contribution < -0.4 is 25.4 Å². The Balaban J connectivity index is 1.64. The van der Waals surface area contributed by atoms with Crippen molar-refractivity contribution < 1.29 is 9.47 Å². The maximum atomic E-state index is 6.60. The van der Waals surface area contributed by atoms with Gasteiger partial charge in [0.25, 0.3) is 0 Å². The first-order valence-corrected chi connectivity index (χ1v) is 11.0. The van der Waals surface area contributed by atoms with Gasteiger partial charge in [-0.1, -0.05) is 72.8 Å². The lowest BCUT2D eigenvalue weighted by Crippen LogP contribution is -2.32. The molecule has 29 heavy (non-hydrogen) atoms. The Bertz CT molecular complexity index is 1470. The zero-order valence-corrected chi connectivity index (χ0v) is 16.3. The number of para-hydroxylation sites is 1. The minimum atomic E-state index is -0.747. The summed E-state index contributed by atoms with van der Waals surface area (Å²) in [6.45, 7) is 0. The van der Waals surface area contributed by atoms with Crippen LogP contribution in [0.3, 0.4) is 0 Å². The molecule has 2 aliphatic rings. The highest BCUT2D eigenvalue weighted by Gasteiger charge is 2.38. The summed E-state index contributed by atoms with van der Waals surface area (Å²) in [6.07, 6.45) is 0. The van der Waals surface area contributed by atoms with E-state index in [-0.39, 0.29) is 0 Å². The van der Waals surface area contributed by atoms with Crippen LogP contribution in [-0.2, 0) is 0 Å². The number of rotatable bonds is 0. The highest BCUT2D eigenvalue weighted by atomic mass is 31.1. The Morgan fingerprint density at radius 2 is 1.21 bits per heavy atom. The minimum absolute atomic E-state index is 0.747. The summed E-state index contributed by atoms with van der Waals surface area (Å²) in [5, 5.41) is 8.36. The van der Waals surface area contributed by atoms with Crippen molar-refractivity contribution in [1.29, 1.82) is 0 Å². The third-order valence-corrected chi connectivity index (χ3v) is 8.35. The van der Waals surface area contributed by atoms with Gasteiger partial charge in [0.1, 0.15) is 23.0 Å². The smallest absolute Gasteiger partial charge is 0.147 e. The molecule has 0 saturated heterocycles. The summed E-state index contributed by atoms with van der Waals surface area (Å²) in [6, 6.07) is 31.9. The first-order chi connectivity index (χ1) is 14.4. The van der Waals surface area contributed by atoms with E-state index in [2.05, 4.69) is 84.9 Å². The van der Waals surface area contributed by atoms with Gasteiger partial charge in [-0.25, -0.2) is 0 Å². The third kappa shape index (κ3) is 2.04. The van der Waals surface area contributed by atoms with Gasteiger partial charge in [-0.2, -0.15) is 0 Å². The zero-order valence-electron chi connectivity index (χ0n) is 15.4. The van der Waals surface area contributed by atoms with Crippen molar-refractivity contribution in [2.45, 2.75) is 0 Å². The molecule has 0 fully saturated rings. The summed E-state index contributed by atoms with van der Waals surface area (Å²) < 4.78 is 13.1. The van der Waals surface area contributed by atoms with Crippen molar-refractivity contribution in [3.8, 4) is 23.0 Å². The number of ether oxygens (including phenoxy) is 2. The van der Waals surface area contributed by atoms with Crippen LogP contribution in [0.4, 0.5) is 0 Å². The van der Waals surface area contributed by atoms with Crippen molar-refractivity contribution in [2.24, 2.45) is 0 Å². The van der Waals surface area contributed by atoms with Crippen LogP contribution in [0.2, 0.25) is 0 Å². The molecule has 1 unspecified atom stereocenters. The Morgan fingerprint density at radius 3 is 2.10 bits per heavy atom. The molecule has 0 amide bonds. The molecular weight excluding hydrogens is 375 g/mol. The molecule has 5 aromatic rings. The summed E-state index contributed by atoms with van der Waals surface area (Å²) in [5.41, 5.74) is 0. The Labute approximate surface area is 169 Å². The summed E-state index contributed by atoms with van der Waals surface area (Å²) in [7, 11) is -0.747. The van der Waals surface area contributed by atoms with E-state index < -0.39 is 7.92 Å². The fourth-order valence-corrected chi connectivity index (χ4v) is 7.11. The lowest BCUT2D eigenvalue weighted by Gasteiger charge is -2.35. The highest BCUT2D eigenvalue weighted by molar-refractivity contribution is 7.80. The molecule has 2 nitrogen and oxygen atoms in total. The maximum absolute atomic E-state index is 6.60. The minimum Gasteiger partial charge on any atom is -0.455 e. The Hall–Kier alpha value is -3.35. The average Bonchev–Trinajstić information content (AvgIpc) is 2.78. The summed E-state index contributed by atoms with van der Waals surface area (Å²) in [4.78, 5) is 0. The normalized spacial score (nSPS) is 15.8. The van der Waals surface area contributed by atoms with Gasteiger partial charge in [0.15, 0.2) is 0 Å². The molecule has 0 saturated carbocycles. The molecule has 3 heteroatoms. The molecule has 0 spiro atoms. The van der Waals surface area contributed by atoms with E-state index >= 15 is 0 Å². The molecule has 0 N–H and O–H groups in total. The number of hydrogen-bond acceptors (Lipinski definition) is 2. The third-order valence-electron chi connectivity index (χ3n) is 5.79. The van der Waals surface area contributed by atoms with Crippen molar-refractivity contribution in [1.82, 2.24) is 0 Å². The number of fused-ring (bicyclic) bond motifs is 8. The van der Waals surface area contributed by atoms with Gasteiger partial charge in [-0.05, 0) is 29.0 Å². The SMILES string of the molecule is c1ccc2c(c1)Oc1c3c(cc4ccccc14)Oc1c(ccc4ccccc14)P23.